The van der Waals surface area contributed by atoms with Crippen molar-refractivity contribution in [3.8, 4) is 0 Å². The van der Waals surface area contributed by atoms with Crippen molar-refractivity contribution in [1.29, 1.82) is 0 Å². The Hall–Kier alpha value is -0.613. The van der Waals surface area contributed by atoms with Gasteiger partial charge < -0.3 is 9.16 Å². The van der Waals surface area contributed by atoms with Crippen LogP contribution < -0.4 is 0 Å². The standard InChI is InChI=1S/C16H30O3Si/c1-16(2,3)20(4,5)19-11-8-6-7-9-15-13-14(17)10-12-18-15/h10,12,15H,6-9,11,13H2,1-5H3. The van der Waals surface area contributed by atoms with Crippen LogP contribution in [0.15, 0.2) is 12.3 Å². The molecule has 0 spiro atoms. The van der Waals surface area contributed by atoms with E-state index in [0.29, 0.717) is 6.42 Å². The molecule has 0 aromatic rings. The first-order chi connectivity index (χ1) is 9.22. The maximum atomic E-state index is 11.2. The highest BCUT2D eigenvalue weighted by atomic mass is 28.4. The smallest absolute Gasteiger partial charge is 0.191 e. The molecule has 0 aromatic carbocycles. The lowest BCUT2D eigenvalue weighted by Gasteiger charge is -2.36. The van der Waals surface area contributed by atoms with Crippen molar-refractivity contribution < 1.29 is 14.0 Å². The van der Waals surface area contributed by atoms with Crippen LogP contribution in [-0.2, 0) is 14.0 Å². The maximum Gasteiger partial charge on any atom is 0.191 e. The third kappa shape index (κ3) is 5.79. The first-order valence-corrected chi connectivity index (χ1v) is 10.6. The molecular formula is C16H30O3Si. The Kier molecular flexibility index (Phi) is 6.46. The highest BCUT2D eigenvalue weighted by molar-refractivity contribution is 6.74. The molecule has 1 atom stereocenters. The van der Waals surface area contributed by atoms with Gasteiger partial charge in [-0.2, -0.15) is 0 Å². The highest BCUT2D eigenvalue weighted by Gasteiger charge is 2.36. The summed E-state index contributed by atoms with van der Waals surface area (Å²) < 4.78 is 11.6. The van der Waals surface area contributed by atoms with Crippen molar-refractivity contribution in [2.75, 3.05) is 6.61 Å². The van der Waals surface area contributed by atoms with Crippen molar-refractivity contribution in [3.63, 3.8) is 0 Å². The van der Waals surface area contributed by atoms with Crippen molar-refractivity contribution in [1.82, 2.24) is 0 Å². The van der Waals surface area contributed by atoms with Gasteiger partial charge in [0.1, 0.15) is 6.10 Å². The van der Waals surface area contributed by atoms with E-state index in [9.17, 15) is 4.79 Å². The normalized spacial score (nSPS) is 20.1. The quantitative estimate of drug-likeness (QED) is 0.515. The van der Waals surface area contributed by atoms with Gasteiger partial charge in [-0.1, -0.05) is 27.2 Å². The predicted molar refractivity (Wildman–Crippen MR) is 85.3 cm³/mol. The average Bonchev–Trinajstić information content (AvgIpc) is 2.32. The van der Waals surface area contributed by atoms with Gasteiger partial charge in [0.15, 0.2) is 14.1 Å². The zero-order valence-corrected chi connectivity index (χ0v) is 14.7. The van der Waals surface area contributed by atoms with E-state index >= 15 is 0 Å². The molecule has 4 heteroatoms. The molecule has 1 rings (SSSR count). The molecule has 20 heavy (non-hydrogen) atoms. The van der Waals surface area contributed by atoms with Gasteiger partial charge in [0.25, 0.3) is 0 Å². The molecular weight excluding hydrogens is 268 g/mol. The molecule has 0 fully saturated rings. The minimum atomic E-state index is -1.58. The van der Waals surface area contributed by atoms with Crippen LogP contribution in [0.1, 0.15) is 52.9 Å². The van der Waals surface area contributed by atoms with Crippen LogP contribution in [0.25, 0.3) is 0 Å². The van der Waals surface area contributed by atoms with E-state index in [0.717, 1.165) is 32.3 Å². The summed E-state index contributed by atoms with van der Waals surface area (Å²) in [7, 11) is -1.58. The fourth-order valence-corrected chi connectivity index (χ4v) is 3.02. The SMILES string of the molecule is CC(C)(C)[Si](C)(C)OCCCCCC1CC(=O)C=CO1. The molecule has 0 saturated heterocycles. The second kappa shape index (κ2) is 7.41. The number of hydrogen-bond donors (Lipinski definition) is 0. The van der Waals surface area contributed by atoms with Gasteiger partial charge in [-0.15, -0.1) is 0 Å². The molecule has 1 heterocycles. The summed E-state index contributed by atoms with van der Waals surface area (Å²) in [6, 6.07) is 0. The summed E-state index contributed by atoms with van der Waals surface area (Å²) in [5.41, 5.74) is 0. The monoisotopic (exact) mass is 298 g/mol. The van der Waals surface area contributed by atoms with Crippen molar-refractivity contribution >= 4 is 14.1 Å². The first-order valence-electron chi connectivity index (χ1n) is 7.71. The lowest BCUT2D eigenvalue weighted by Crippen LogP contribution is -2.40. The molecule has 0 N–H and O–H groups in total. The average molecular weight is 298 g/mol. The molecule has 3 nitrogen and oxygen atoms in total. The molecule has 1 unspecified atom stereocenters. The number of hydrogen-bond acceptors (Lipinski definition) is 3. The Balaban J connectivity index is 2.08. The number of ketones is 1. The molecule has 0 aliphatic carbocycles. The lowest BCUT2D eigenvalue weighted by atomic mass is 10.0. The summed E-state index contributed by atoms with van der Waals surface area (Å²) in [6.45, 7) is 12.3. The number of allylic oxidation sites excluding steroid dienone is 1. The second-order valence-corrected chi connectivity index (χ2v) is 12.0. The lowest BCUT2D eigenvalue weighted by molar-refractivity contribution is -0.118. The third-order valence-corrected chi connectivity index (χ3v) is 8.93. The van der Waals surface area contributed by atoms with Crippen molar-refractivity contribution in [2.45, 2.75) is 77.1 Å². The Bertz CT molecular complexity index is 342. The Labute approximate surface area is 124 Å². The summed E-state index contributed by atoms with van der Waals surface area (Å²) in [6.07, 6.45) is 8.00. The zero-order chi connectivity index (χ0) is 15.2. The second-order valence-electron chi connectivity index (χ2n) is 7.19. The van der Waals surface area contributed by atoms with Crippen LogP contribution in [0.2, 0.25) is 18.1 Å². The first kappa shape index (κ1) is 17.4. The molecule has 0 saturated carbocycles. The van der Waals surface area contributed by atoms with E-state index in [2.05, 4.69) is 33.9 Å². The predicted octanol–water partition coefficient (Wildman–Crippen LogP) is 4.44. The van der Waals surface area contributed by atoms with Gasteiger partial charge in [0.05, 0.1) is 6.26 Å². The van der Waals surface area contributed by atoms with Gasteiger partial charge in [0.2, 0.25) is 0 Å². The molecule has 0 radical (unpaired) electrons. The molecule has 0 aromatic heterocycles. The van der Waals surface area contributed by atoms with Crippen LogP contribution in [0.3, 0.4) is 0 Å². The summed E-state index contributed by atoms with van der Waals surface area (Å²) in [4.78, 5) is 11.2. The molecule has 0 amide bonds. The van der Waals surface area contributed by atoms with E-state index in [4.69, 9.17) is 9.16 Å². The fraction of sp³-hybridized carbons (Fsp3) is 0.812. The highest BCUT2D eigenvalue weighted by Crippen LogP contribution is 2.36. The van der Waals surface area contributed by atoms with E-state index in [-0.39, 0.29) is 16.9 Å². The van der Waals surface area contributed by atoms with Crippen molar-refractivity contribution in [3.05, 3.63) is 12.3 Å². The number of carbonyl (C=O) groups excluding carboxylic acids is 1. The largest absolute Gasteiger partial charge is 0.497 e. The molecule has 116 valence electrons. The maximum absolute atomic E-state index is 11.2. The fourth-order valence-electron chi connectivity index (χ4n) is 1.93. The van der Waals surface area contributed by atoms with Crippen LogP contribution in [-0.4, -0.2) is 26.8 Å². The summed E-state index contributed by atoms with van der Waals surface area (Å²) >= 11 is 0. The minimum absolute atomic E-state index is 0.0915. The van der Waals surface area contributed by atoms with Gasteiger partial charge in [-0.05, 0) is 37.4 Å². The number of unbranched alkanes of at least 4 members (excludes halogenated alkanes) is 2. The number of rotatable bonds is 7. The third-order valence-electron chi connectivity index (χ3n) is 4.39. The van der Waals surface area contributed by atoms with Crippen LogP contribution in [0.5, 0.6) is 0 Å². The van der Waals surface area contributed by atoms with Crippen LogP contribution in [0.4, 0.5) is 0 Å². The van der Waals surface area contributed by atoms with E-state index in [1.54, 1.807) is 0 Å². The zero-order valence-electron chi connectivity index (χ0n) is 13.7. The van der Waals surface area contributed by atoms with E-state index < -0.39 is 8.32 Å². The Morgan fingerprint density at radius 2 is 2.00 bits per heavy atom. The van der Waals surface area contributed by atoms with Crippen molar-refractivity contribution in [2.24, 2.45) is 0 Å². The van der Waals surface area contributed by atoms with E-state index in [1.165, 1.54) is 12.3 Å². The van der Waals surface area contributed by atoms with Crippen LogP contribution >= 0.6 is 0 Å². The number of ether oxygens (including phenoxy) is 1. The minimum Gasteiger partial charge on any atom is -0.497 e. The summed E-state index contributed by atoms with van der Waals surface area (Å²) in [5.74, 6) is 0.183. The van der Waals surface area contributed by atoms with Gasteiger partial charge >= 0.3 is 0 Å². The molecule has 1 aliphatic rings. The molecule has 0 bridgehead atoms. The van der Waals surface area contributed by atoms with Gasteiger partial charge in [-0.3, -0.25) is 4.79 Å². The number of carbonyl (C=O) groups is 1. The van der Waals surface area contributed by atoms with Gasteiger partial charge in [0, 0.05) is 19.1 Å². The van der Waals surface area contributed by atoms with Crippen LogP contribution in [0, 0.1) is 0 Å². The topological polar surface area (TPSA) is 35.5 Å². The summed E-state index contributed by atoms with van der Waals surface area (Å²) in [5, 5.41) is 0.287. The van der Waals surface area contributed by atoms with E-state index in [1.807, 2.05) is 0 Å². The Morgan fingerprint density at radius 1 is 1.30 bits per heavy atom. The molecule has 1 aliphatic heterocycles. The Morgan fingerprint density at radius 3 is 2.60 bits per heavy atom. The van der Waals surface area contributed by atoms with Gasteiger partial charge in [-0.25, -0.2) is 0 Å².